The number of nitrogens with zero attached hydrogens (tertiary/aromatic N) is 3. The SMILES string of the molecule is C[C@H](NP(=O)(Oc1ccc([N+](=O)[O-])cc1)Oc1ccc([N+](=O)[O-])cc1)C(=O)N1CCC[C@H]1C(=O)OC(C)(C)C. The van der Waals surface area contributed by atoms with Crippen LogP contribution in [-0.4, -0.2) is 50.9 Å². The Morgan fingerprint density at radius 3 is 1.85 bits per heavy atom. The first-order valence-corrected chi connectivity index (χ1v) is 13.5. The molecule has 39 heavy (non-hydrogen) atoms. The highest BCUT2D eigenvalue weighted by Gasteiger charge is 2.41. The lowest BCUT2D eigenvalue weighted by Gasteiger charge is -2.30. The van der Waals surface area contributed by atoms with Gasteiger partial charge in [0.05, 0.1) is 15.9 Å². The van der Waals surface area contributed by atoms with Gasteiger partial charge in [0, 0.05) is 30.8 Å². The van der Waals surface area contributed by atoms with Crippen LogP contribution in [0.1, 0.15) is 40.5 Å². The Morgan fingerprint density at radius 1 is 0.974 bits per heavy atom. The molecule has 0 unspecified atom stereocenters. The van der Waals surface area contributed by atoms with Crippen molar-refractivity contribution in [1.29, 1.82) is 0 Å². The lowest BCUT2D eigenvalue weighted by atomic mass is 10.1. The van der Waals surface area contributed by atoms with Crippen LogP contribution >= 0.6 is 7.75 Å². The van der Waals surface area contributed by atoms with E-state index in [1.165, 1.54) is 36.1 Å². The molecule has 1 aliphatic heterocycles. The summed E-state index contributed by atoms with van der Waals surface area (Å²) in [5.74, 6) is -1.23. The summed E-state index contributed by atoms with van der Waals surface area (Å²) in [6, 6.07) is 7.38. The average molecular weight is 564 g/mol. The van der Waals surface area contributed by atoms with Crippen LogP contribution in [0.2, 0.25) is 0 Å². The highest BCUT2D eigenvalue weighted by atomic mass is 31.2. The van der Waals surface area contributed by atoms with E-state index in [4.69, 9.17) is 13.8 Å². The van der Waals surface area contributed by atoms with E-state index < -0.39 is 47.2 Å². The van der Waals surface area contributed by atoms with Gasteiger partial charge in [-0.25, -0.2) is 9.36 Å². The van der Waals surface area contributed by atoms with Gasteiger partial charge in [-0.15, -0.1) is 0 Å². The van der Waals surface area contributed by atoms with Gasteiger partial charge < -0.3 is 18.7 Å². The van der Waals surface area contributed by atoms with E-state index >= 15 is 0 Å². The van der Waals surface area contributed by atoms with Crippen LogP contribution in [0.5, 0.6) is 11.5 Å². The van der Waals surface area contributed by atoms with Gasteiger partial charge in [-0.1, -0.05) is 0 Å². The van der Waals surface area contributed by atoms with E-state index in [0.29, 0.717) is 12.8 Å². The van der Waals surface area contributed by atoms with E-state index in [-0.39, 0.29) is 29.4 Å². The van der Waals surface area contributed by atoms with Crippen molar-refractivity contribution in [1.82, 2.24) is 9.99 Å². The summed E-state index contributed by atoms with van der Waals surface area (Å²) < 4.78 is 30.4. The van der Waals surface area contributed by atoms with Crippen LogP contribution in [0.25, 0.3) is 0 Å². The third kappa shape index (κ3) is 7.98. The van der Waals surface area contributed by atoms with Gasteiger partial charge >= 0.3 is 13.7 Å². The van der Waals surface area contributed by atoms with Gasteiger partial charge in [-0.2, -0.15) is 5.09 Å². The lowest BCUT2D eigenvalue weighted by molar-refractivity contribution is -0.385. The van der Waals surface area contributed by atoms with Crippen molar-refractivity contribution in [3.8, 4) is 11.5 Å². The molecule has 1 N–H and O–H groups in total. The summed E-state index contributed by atoms with van der Waals surface area (Å²) in [6.07, 6.45) is 0.974. The van der Waals surface area contributed by atoms with Crippen LogP contribution in [0, 0.1) is 20.2 Å². The topological polar surface area (TPSA) is 180 Å². The molecule has 0 bridgehead atoms. The van der Waals surface area contributed by atoms with E-state index in [2.05, 4.69) is 5.09 Å². The molecular weight excluding hydrogens is 535 g/mol. The number of hydrogen-bond donors (Lipinski definition) is 1. The van der Waals surface area contributed by atoms with Gasteiger partial charge in [-0.05, 0) is 64.8 Å². The Hall–Kier alpha value is -4.03. The minimum absolute atomic E-state index is 0.0641. The molecule has 0 aliphatic carbocycles. The molecule has 1 saturated heterocycles. The van der Waals surface area contributed by atoms with Crippen molar-refractivity contribution in [2.75, 3.05) is 6.54 Å². The molecule has 1 aliphatic rings. The Labute approximate surface area is 224 Å². The largest absolute Gasteiger partial charge is 0.513 e. The maximum atomic E-state index is 13.8. The van der Waals surface area contributed by atoms with Gasteiger partial charge in [0.2, 0.25) is 5.91 Å². The number of amides is 1. The zero-order valence-electron chi connectivity index (χ0n) is 21.8. The first-order chi connectivity index (χ1) is 18.2. The number of likely N-dealkylation sites (tertiary alicyclic amines) is 1. The zero-order chi connectivity index (χ0) is 29.0. The van der Waals surface area contributed by atoms with Gasteiger partial charge in [0.15, 0.2) is 0 Å². The number of nitro groups is 2. The summed E-state index contributed by atoms with van der Waals surface area (Å²) in [5, 5.41) is 24.5. The van der Waals surface area contributed by atoms with Crippen LogP contribution in [0.15, 0.2) is 48.5 Å². The molecule has 1 heterocycles. The highest BCUT2D eigenvalue weighted by molar-refractivity contribution is 7.52. The van der Waals surface area contributed by atoms with Crippen LogP contribution in [0.4, 0.5) is 11.4 Å². The van der Waals surface area contributed by atoms with Crippen molar-refractivity contribution in [3.63, 3.8) is 0 Å². The van der Waals surface area contributed by atoms with Crippen molar-refractivity contribution >= 4 is 31.0 Å². The second kappa shape index (κ2) is 11.8. The molecule has 2 aromatic carbocycles. The second-order valence-corrected chi connectivity index (χ2v) is 11.4. The first kappa shape index (κ1) is 29.5. The average Bonchev–Trinajstić information content (AvgIpc) is 3.33. The molecule has 1 amide bonds. The lowest BCUT2D eigenvalue weighted by Crippen LogP contribution is -2.50. The molecule has 3 rings (SSSR count). The van der Waals surface area contributed by atoms with E-state index in [0.717, 1.165) is 24.3 Å². The number of benzene rings is 2. The standard InChI is InChI=1S/C24H29N4O10P/c1-16(22(29)26-15-5-6-21(26)23(30)36-24(2,3)4)25-39(35,37-19-11-7-17(8-12-19)27(31)32)38-20-13-9-18(10-14-20)28(33)34/h7-14,16,21H,5-6,15H2,1-4H3,(H,25,35)/t16-,21-/m0/s1. The van der Waals surface area contributed by atoms with E-state index in [1.54, 1.807) is 20.8 Å². The molecule has 0 radical (unpaired) electrons. The number of carbonyl (C=O) groups excluding carboxylic acids is 2. The highest BCUT2D eigenvalue weighted by Crippen LogP contribution is 2.46. The van der Waals surface area contributed by atoms with Crippen LogP contribution < -0.4 is 14.1 Å². The van der Waals surface area contributed by atoms with Gasteiger partial charge in [-0.3, -0.25) is 25.0 Å². The number of ether oxygens (including phenoxy) is 1. The normalized spacial score (nSPS) is 16.3. The summed E-state index contributed by atoms with van der Waals surface area (Å²) in [4.78, 5) is 48.0. The summed E-state index contributed by atoms with van der Waals surface area (Å²) in [7, 11) is -4.42. The molecule has 14 nitrogen and oxygen atoms in total. The maximum absolute atomic E-state index is 13.8. The van der Waals surface area contributed by atoms with E-state index in [1.807, 2.05) is 0 Å². The molecule has 2 atom stereocenters. The minimum Gasteiger partial charge on any atom is -0.458 e. The van der Waals surface area contributed by atoms with E-state index in [9.17, 15) is 34.4 Å². The summed E-state index contributed by atoms with van der Waals surface area (Å²) in [6.45, 7) is 6.86. The smallest absolute Gasteiger partial charge is 0.458 e. The molecule has 15 heteroatoms. The zero-order valence-corrected chi connectivity index (χ0v) is 22.7. The predicted octanol–water partition coefficient (Wildman–Crippen LogP) is 4.38. The number of nitrogens with one attached hydrogen (secondary N) is 1. The monoisotopic (exact) mass is 564 g/mol. The molecule has 0 saturated carbocycles. The van der Waals surface area contributed by atoms with Crippen LogP contribution in [-0.2, 0) is 18.9 Å². The van der Waals surface area contributed by atoms with Crippen molar-refractivity contribution < 1.29 is 37.8 Å². The Kier molecular flexibility index (Phi) is 8.92. The molecular formula is C24H29N4O10P. The van der Waals surface area contributed by atoms with Crippen molar-refractivity contribution in [2.24, 2.45) is 0 Å². The third-order valence-electron chi connectivity index (χ3n) is 5.48. The fourth-order valence-electron chi connectivity index (χ4n) is 3.79. The van der Waals surface area contributed by atoms with Gasteiger partial charge in [0.25, 0.3) is 11.4 Å². The number of non-ortho nitro benzene ring substituents is 2. The number of esters is 1. The summed E-state index contributed by atoms with van der Waals surface area (Å²) >= 11 is 0. The van der Waals surface area contributed by atoms with Crippen LogP contribution in [0.3, 0.4) is 0 Å². The second-order valence-electron chi connectivity index (χ2n) is 9.76. The van der Waals surface area contributed by atoms with Crippen molar-refractivity contribution in [2.45, 2.75) is 58.2 Å². The number of nitro benzene ring substituents is 2. The Balaban J connectivity index is 1.83. The molecule has 1 fully saturated rings. The molecule has 2 aromatic rings. The predicted molar refractivity (Wildman–Crippen MR) is 138 cm³/mol. The number of rotatable bonds is 10. The fourth-order valence-corrected chi connectivity index (χ4v) is 5.32. The van der Waals surface area contributed by atoms with Gasteiger partial charge in [0.1, 0.15) is 23.1 Å². The molecule has 0 spiro atoms. The quantitative estimate of drug-likeness (QED) is 0.187. The third-order valence-corrected chi connectivity index (χ3v) is 7.09. The van der Waals surface area contributed by atoms with Crippen molar-refractivity contribution in [3.05, 3.63) is 68.8 Å². The summed E-state index contributed by atoms with van der Waals surface area (Å²) in [5.41, 5.74) is -1.20. The number of carbonyl (C=O) groups is 2. The Morgan fingerprint density at radius 2 is 1.44 bits per heavy atom. The first-order valence-electron chi connectivity index (χ1n) is 12.0. The number of hydrogen-bond acceptors (Lipinski definition) is 10. The molecule has 210 valence electrons. The fraction of sp³-hybridized carbons (Fsp3) is 0.417. The molecule has 0 aromatic heterocycles. The maximum Gasteiger partial charge on any atom is 0.513 e. The Bertz CT molecular complexity index is 1210. The minimum atomic E-state index is -4.42.